The van der Waals surface area contributed by atoms with E-state index in [9.17, 15) is 9.59 Å². The van der Waals surface area contributed by atoms with Crippen molar-refractivity contribution in [3.05, 3.63) is 46.4 Å². The topological polar surface area (TPSA) is 62.3 Å². The van der Waals surface area contributed by atoms with Crippen molar-refractivity contribution in [1.29, 1.82) is 0 Å². The third kappa shape index (κ3) is 2.64. The van der Waals surface area contributed by atoms with Crippen molar-refractivity contribution in [2.75, 3.05) is 11.9 Å². The molecule has 2 aromatic rings. The maximum absolute atomic E-state index is 13.2. The number of amides is 2. The Kier molecular flexibility index (Phi) is 3.85. The van der Waals surface area contributed by atoms with Crippen molar-refractivity contribution in [3.8, 4) is 0 Å². The van der Waals surface area contributed by atoms with Crippen LogP contribution in [0, 0.1) is 0 Å². The number of benzene rings is 1. The monoisotopic (exact) mass is 375 g/mol. The fraction of sp³-hybridized carbons (Fsp3) is 0.389. The Morgan fingerprint density at radius 3 is 2.48 bits per heavy atom. The summed E-state index contributed by atoms with van der Waals surface area (Å²) in [5.41, 5.74) is -0.324. The second kappa shape index (κ2) is 5.81. The largest absolute Gasteiger partial charge is 0.327 e. The first-order chi connectivity index (χ1) is 12.0. The van der Waals surface area contributed by atoms with Crippen molar-refractivity contribution >= 4 is 39.9 Å². The van der Waals surface area contributed by atoms with Crippen molar-refractivity contribution in [3.63, 3.8) is 0 Å². The van der Waals surface area contributed by atoms with Crippen LogP contribution in [0.2, 0.25) is 5.02 Å². The van der Waals surface area contributed by atoms with Crippen LogP contribution in [0.3, 0.4) is 0 Å². The summed E-state index contributed by atoms with van der Waals surface area (Å²) in [7, 11) is 0. The number of thiazole rings is 1. The Morgan fingerprint density at radius 2 is 1.96 bits per heavy atom. The standard InChI is InChI=1S/C18H18ClN3O2S/c1-17(14(23)21-16-20-9-11-25-16)8-10-22(17)15(24)18(6-7-18)12-2-4-13(19)5-3-12/h2-5,9,11H,6-8,10H2,1H3,(H,20,21,23). The molecule has 25 heavy (non-hydrogen) atoms. The van der Waals surface area contributed by atoms with Crippen LogP contribution in [-0.4, -0.2) is 33.8 Å². The van der Waals surface area contributed by atoms with Crippen LogP contribution in [0.5, 0.6) is 0 Å². The minimum Gasteiger partial charge on any atom is -0.327 e. The highest BCUT2D eigenvalue weighted by atomic mass is 35.5. The van der Waals surface area contributed by atoms with E-state index < -0.39 is 11.0 Å². The summed E-state index contributed by atoms with van der Waals surface area (Å²) >= 11 is 7.33. The molecule has 1 atom stereocenters. The molecule has 2 fully saturated rings. The Labute approximate surface area is 155 Å². The summed E-state index contributed by atoms with van der Waals surface area (Å²) in [5.74, 6) is -0.133. The van der Waals surface area contributed by atoms with Crippen LogP contribution in [0.4, 0.5) is 5.13 Å². The number of carbonyl (C=O) groups excluding carboxylic acids is 2. The minimum atomic E-state index is -0.815. The molecular formula is C18H18ClN3O2S. The van der Waals surface area contributed by atoms with E-state index in [1.807, 2.05) is 31.2 Å². The van der Waals surface area contributed by atoms with Crippen LogP contribution in [0.15, 0.2) is 35.8 Å². The van der Waals surface area contributed by atoms with E-state index >= 15 is 0 Å². The number of likely N-dealkylation sites (tertiary alicyclic amines) is 1. The number of hydrogen-bond acceptors (Lipinski definition) is 4. The van der Waals surface area contributed by atoms with E-state index in [-0.39, 0.29) is 11.8 Å². The zero-order chi connectivity index (χ0) is 17.7. The zero-order valence-corrected chi connectivity index (χ0v) is 15.4. The number of rotatable bonds is 4. The van der Waals surface area contributed by atoms with Gasteiger partial charge in [-0.1, -0.05) is 23.7 Å². The van der Waals surface area contributed by atoms with E-state index in [0.29, 0.717) is 23.1 Å². The van der Waals surface area contributed by atoms with Gasteiger partial charge in [0.05, 0.1) is 5.41 Å². The summed E-state index contributed by atoms with van der Waals surface area (Å²) in [4.78, 5) is 31.7. The Bertz CT molecular complexity index is 817. The van der Waals surface area contributed by atoms with Gasteiger partial charge < -0.3 is 4.90 Å². The molecule has 1 N–H and O–H groups in total. The molecule has 0 bridgehead atoms. The minimum absolute atomic E-state index is 0.0397. The Balaban J connectivity index is 1.54. The number of aromatic nitrogens is 1. The maximum atomic E-state index is 13.2. The van der Waals surface area contributed by atoms with Gasteiger partial charge in [0.1, 0.15) is 5.54 Å². The highest BCUT2D eigenvalue weighted by molar-refractivity contribution is 7.13. The van der Waals surface area contributed by atoms with E-state index in [2.05, 4.69) is 10.3 Å². The van der Waals surface area contributed by atoms with Crippen molar-refractivity contribution in [1.82, 2.24) is 9.88 Å². The quantitative estimate of drug-likeness (QED) is 0.890. The smallest absolute Gasteiger partial charge is 0.251 e. The van der Waals surface area contributed by atoms with Gasteiger partial charge in [0.25, 0.3) is 5.91 Å². The molecule has 1 aromatic heterocycles. The van der Waals surface area contributed by atoms with Gasteiger partial charge >= 0.3 is 0 Å². The molecule has 130 valence electrons. The molecule has 1 aliphatic heterocycles. The lowest BCUT2D eigenvalue weighted by Crippen LogP contribution is -2.67. The van der Waals surface area contributed by atoms with Crippen molar-refractivity contribution < 1.29 is 9.59 Å². The molecule has 5 nitrogen and oxygen atoms in total. The maximum Gasteiger partial charge on any atom is 0.251 e. The van der Waals surface area contributed by atoms with Gasteiger partial charge in [-0.2, -0.15) is 0 Å². The molecule has 1 aromatic carbocycles. The third-order valence-corrected chi connectivity index (χ3v) is 6.30. The SMILES string of the molecule is CC1(C(=O)Nc2nccs2)CCN1C(=O)C1(c2ccc(Cl)cc2)CC1. The van der Waals surface area contributed by atoms with Gasteiger partial charge in [-0.05, 0) is 43.9 Å². The van der Waals surface area contributed by atoms with Gasteiger partial charge in [0.2, 0.25) is 5.91 Å². The molecule has 2 heterocycles. The van der Waals surface area contributed by atoms with Gasteiger partial charge in [-0.25, -0.2) is 4.98 Å². The number of carbonyl (C=O) groups is 2. The average Bonchev–Trinajstić information content (AvgIpc) is 3.24. The van der Waals surface area contributed by atoms with Crippen LogP contribution in [-0.2, 0) is 15.0 Å². The first-order valence-corrected chi connectivity index (χ1v) is 9.51. The Morgan fingerprint density at radius 1 is 1.24 bits per heavy atom. The highest BCUT2D eigenvalue weighted by Gasteiger charge is 2.59. The zero-order valence-electron chi connectivity index (χ0n) is 13.8. The average molecular weight is 376 g/mol. The lowest BCUT2D eigenvalue weighted by molar-refractivity contribution is -0.156. The molecule has 7 heteroatoms. The van der Waals surface area contributed by atoms with E-state index in [1.165, 1.54) is 11.3 Å². The number of hydrogen-bond donors (Lipinski definition) is 1. The van der Waals surface area contributed by atoms with Crippen molar-refractivity contribution in [2.45, 2.75) is 37.1 Å². The summed E-state index contributed by atoms with van der Waals surface area (Å²) < 4.78 is 0. The van der Waals surface area contributed by atoms with Gasteiger partial charge in [0, 0.05) is 23.1 Å². The van der Waals surface area contributed by atoms with Crippen LogP contribution >= 0.6 is 22.9 Å². The predicted octanol–water partition coefficient (Wildman–Crippen LogP) is 3.46. The van der Waals surface area contributed by atoms with E-state index in [1.54, 1.807) is 16.5 Å². The normalized spacial score (nSPS) is 23.7. The summed E-state index contributed by atoms with van der Waals surface area (Å²) in [6, 6.07) is 7.46. The molecule has 1 unspecified atom stereocenters. The molecule has 1 saturated carbocycles. The molecular weight excluding hydrogens is 358 g/mol. The fourth-order valence-electron chi connectivity index (χ4n) is 3.42. The number of nitrogens with one attached hydrogen (secondary N) is 1. The molecule has 2 aliphatic rings. The van der Waals surface area contributed by atoms with Crippen LogP contribution < -0.4 is 5.32 Å². The summed E-state index contributed by atoms with van der Waals surface area (Å²) in [5, 5.41) is 5.85. The summed E-state index contributed by atoms with van der Waals surface area (Å²) in [6.07, 6.45) is 3.93. The Hall–Kier alpha value is -1.92. The molecule has 0 spiro atoms. The second-order valence-corrected chi connectivity index (χ2v) is 8.19. The lowest BCUT2D eigenvalue weighted by atomic mass is 9.82. The van der Waals surface area contributed by atoms with Gasteiger partial charge in [0.15, 0.2) is 5.13 Å². The molecule has 2 amide bonds. The van der Waals surface area contributed by atoms with Crippen LogP contribution in [0.1, 0.15) is 31.7 Å². The van der Waals surface area contributed by atoms with Crippen LogP contribution in [0.25, 0.3) is 0 Å². The fourth-order valence-corrected chi connectivity index (χ4v) is 4.07. The molecule has 1 aliphatic carbocycles. The third-order valence-electron chi connectivity index (χ3n) is 5.36. The first-order valence-electron chi connectivity index (χ1n) is 8.25. The predicted molar refractivity (Wildman–Crippen MR) is 97.8 cm³/mol. The first kappa shape index (κ1) is 16.5. The van der Waals surface area contributed by atoms with E-state index in [0.717, 1.165) is 18.4 Å². The van der Waals surface area contributed by atoms with Gasteiger partial charge in [-0.15, -0.1) is 11.3 Å². The molecule has 0 radical (unpaired) electrons. The number of halogens is 1. The second-order valence-electron chi connectivity index (χ2n) is 6.86. The molecule has 1 saturated heterocycles. The number of anilines is 1. The molecule has 4 rings (SSSR count). The highest BCUT2D eigenvalue weighted by Crippen LogP contribution is 2.52. The number of nitrogens with zero attached hydrogens (tertiary/aromatic N) is 2. The van der Waals surface area contributed by atoms with E-state index in [4.69, 9.17) is 11.6 Å². The van der Waals surface area contributed by atoms with Crippen molar-refractivity contribution in [2.24, 2.45) is 0 Å². The lowest BCUT2D eigenvalue weighted by Gasteiger charge is -2.50. The van der Waals surface area contributed by atoms with Gasteiger partial charge in [-0.3, -0.25) is 14.9 Å². The summed E-state index contributed by atoms with van der Waals surface area (Å²) in [6.45, 7) is 2.44.